The Kier molecular flexibility index (Phi) is 4.61. The van der Waals surface area contributed by atoms with E-state index < -0.39 is 0 Å². The highest BCUT2D eigenvalue weighted by molar-refractivity contribution is 5.82. The Labute approximate surface area is 159 Å². The average Bonchev–Trinajstić information content (AvgIpc) is 3.47. The zero-order valence-corrected chi connectivity index (χ0v) is 16.5. The van der Waals surface area contributed by atoms with Crippen molar-refractivity contribution >= 4 is 11.9 Å². The number of rotatable bonds is 4. The van der Waals surface area contributed by atoms with Gasteiger partial charge in [0.05, 0.1) is 23.0 Å². The maximum Gasteiger partial charge on any atom is 0.226 e. The number of hydrogen-bond donors (Lipinski definition) is 0. The molecule has 3 heterocycles. The molecule has 0 aromatic carbocycles. The fraction of sp³-hybridized carbons (Fsp3) is 0.600. The summed E-state index contributed by atoms with van der Waals surface area (Å²) in [4.78, 5) is 26.2. The Bertz CT molecular complexity index is 856. The molecule has 2 aromatic rings. The molecule has 7 heteroatoms. The summed E-state index contributed by atoms with van der Waals surface area (Å²) in [6, 6.07) is -0.0339. The Morgan fingerprint density at radius 2 is 2.00 bits per heavy atom. The van der Waals surface area contributed by atoms with Gasteiger partial charge in [-0.05, 0) is 46.0 Å². The molecule has 2 fully saturated rings. The molecule has 2 aromatic heterocycles. The molecule has 7 nitrogen and oxygen atoms in total. The summed E-state index contributed by atoms with van der Waals surface area (Å²) < 4.78 is 5.62. The van der Waals surface area contributed by atoms with Crippen LogP contribution in [0.1, 0.15) is 55.1 Å². The molecule has 1 saturated heterocycles. The molecular weight excluding hydrogens is 342 g/mol. The van der Waals surface area contributed by atoms with E-state index >= 15 is 0 Å². The molecule has 2 aliphatic rings. The monoisotopic (exact) mass is 369 g/mol. The first kappa shape index (κ1) is 17.9. The highest BCUT2D eigenvalue weighted by Gasteiger charge is 2.39. The first-order chi connectivity index (χ1) is 13.0. The van der Waals surface area contributed by atoms with Gasteiger partial charge in [-0.3, -0.25) is 4.79 Å². The van der Waals surface area contributed by atoms with Crippen molar-refractivity contribution in [2.75, 3.05) is 25.5 Å². The fourth-order valence-electron chi connectivity index (χ4n) is 3.74. The lowest BCUT2D eigenvalue weighted by Crippen LogP contribution is -2.40. The largest absolute Gasteiger partial charge is 0.356 e. The van der Waals surface area contributed by atoms with Crippen LogP contribution in [0.4, 0.5) is 5.95 Å². The average molecular weight is 369 g/mol. The summed E-state index contributed by atoms with van der Waals surface area (Å²) in [6.45, 7) is 4.73. The van der Waals surface area contributed by atoms with Gasteiger partial charge in [0.25, 0.3) is 0 Å². The van der Waals surface area contributed by atoms with Crippen molar-refractivity contribution in [3.8, 4) is 11.3 Å². The highest BCUT2D eigenvalue weighted by atomic mass is 16.5. The molecule has 4 rings (SSSR count). The van der Waals surface area contributed by atoms with E-state index in [1.165, 1.54) is 0 Å². The minimum atomic E-state index is -0.0339. The molecule has 0 radical (unpaired) electrons. The predicted molar refractivity (Wildman–Crippen MR) is 102 cm³/mol. The van der Waals surface area contributed by atoms with E-state index in [1.807, 2.05) is 43.9 Å². The SMILES string of the molecule is Cc1noc(-c2cnc(N(C)C)nc2C2CCCCN2C(=O)C2CC2)c1C. The second-order valence-electron chi connectivity index (χ2n) is 7.90. The van der Waals surface area contributed by atoms with Crippen LogP contribution in [0.15, 0.2) is 10.7 Å². The Morgan fingerprint density at radius 1 is 1.22 bits per heavy atom. The van der Waals surface area contributed by atoms with Gasteiger partial charge in [0.15, 0.2) is 5.76 Å². The predicted octanol–water partition coefficient (Wildman–Crippen LogP) is 3.28. The minimum Gasteiger partial charge on any atom is -0.356 e. The topological polar surface area (TPSA) is 75.4 Å². The number of piperidine rings is 1. The van der Waals surface area contributed by atoms with Crippen LogP contribution in [0.2, 0.25) is 0 Å². The number of carbonyl (C=O) groups is 1. The smallest absolute Gasteiger partial charge is 0.226 e. The molecule has 1 aliphatic heterocycles. The second-order valence-corrected chi connectivity index (χ2v) is 7.90. The molecule has 1 saturated carbocycles. The maximum atomic E-state index is 12.9. The van der Waals surface area contributed by atoms with Gasteiger partial charge in [0.1, 0.15) is 0 Å². The molecule has 1 unspecified atom stereocenters. The maximum absolute atomic E-state index is 12.9. The van der Waals surface area contributed by atoms with Crippen LogP contribution in [0, 0.1) is 19.8 Å². The van der Waals surface area contributed by atoms with E-state index in [9.17, 15) is 4.79 Å². The molecule has 0 N–H and O–H groups in total. The Morgan fingerprint density at radius 3 is 2.63 bits per heavy atom. The minimum absolute atomic E-state index is 0.0339. The number of anilines is 1. The Hall–Kier alpha value is -2.44. The molecule has 27 heavy (non-hydrogen) atoms. The van der Waals surface area contributed by atoms with Crippen molar-refractivity contribution in [3.63, 3.8) is 0 Å². The lowest BCUT2D eigenvalue weighted by molar-refractivity contribution is -0.136. The number of hydrogen-bond acceptors (Lipinski definition) is 6. The van der Waals surface area contributed by atoms with Gasteiger partial charge in [-0.2, -0.15) is 0 Å². The number of nitrogens with zero attached hydrogens (tertiary/aromatic N) is 5. The summed E-state index contributed by atoms with van der Waals surface area (Å²) >= 11 is 0. The second kappa shape index (κ2) is 6.94. The number of likely N-dealkylation sites (tertiary alicyclic amines) is 1. The van der Waals surface area contributed by atoms with Gasteiger partial charge in [0.2, 0.25) is 11.9 Å². The van der Waals surface area contributed by atoms with Crippen molar-refractivity contribution in [2.24, 2.45) is 5.92 Å². The molecule has 0 bridgehead atoms. The molecule has 1 aliphatic carbocycles. The van der Waals surface area contributed by atoms with Crippen molar-refractivity contribution in [1.29, 1.82) is 0 Å². The quantitative estimate of drug-likeness (QED) is 0.823. The van der Waals surface area contributed by atoms with Gasteiger partial charge in [-0.25, -0.2) is 9.97 Å². The van der Waals surface area contributed by atoms with Gasteiger partial charge < -0.3 is 14.3 Å². The van der Waals surface area contributed by atoms with Gasteiger partial charge in [-0.15, -0.1) is 0 Å². The molecule has 1 amide bonds. The van der Waals surface area contributed by atoms with Crippen molar-refractivity contribution in [3.05, 3.63) is 23.1 Å². The van der Waals surface area contributed by atoms with Crippen molar-refractivity contribution in [2.45, 2.75) is 52.0 Å². The highest BCUT2D eigenvalue weighted by Crippen LogP contribution is 2.41. The standard InChI is InChI=1S/C20H27N5O2/c1-12-13(2)23-27-18(12)15-11-21-20(24(3)4)22-17(15)16-7-5-6-10-25(16)19(26)14-8-9-14/h11,14,16H,5-10H2,1-4H3. The lowest BCUT2D eigenvalue weighted by atomic mass is 9.94. The van der Waals surface area contributed by atoms with E-state index in [0.717, 1.165) is 61.2 Å². The fourth-order valence-corrected chi connectivity index (χ4v) is 3.74. The third-order valence-corrected chi connectivity index (χ3v) is 5.64. The summed E-state index contributed by atoms with van der Waals surface area (Å²) in [6.07, 6.45) is 6.91. The summed E-state index contributed by atoms with van der Waals surface area (Å²) in [5.41, 5.74) is 3.58. The van der Waals surface area contributed by atoms with Crippen molar-refractivity contribution in [1.82, 2.24) is 20.0 Å². The molecule has 1 atom stereocenters. The third-order valence-electron chi connectivity index (χ3n) is 5.64. The van der Waals surface area contributed by atoms with E-state index in [1.54, 1.807) is 0 Å². The normalized spacial score (nSPS) is 20.0. The van der Waals surface area contributed by atoms with E-state index in [-0.39, 0.29) is 17.9 Å². The van der Waals surface area contributed by atoms with Gasteiger partial charge in [-0.1, -0.05) is 5.16 Å². The van der Waals surface area contributed by atoms with E-state index in [4.69, 9.17) is 9.51 Å². The lowest BCUT2D eigenvalue weighted by Gasteiger charge is -2.36. The van der Waals surface area contributed by atoms with Crippen LogP contribution in [0.5, 0.6) is 0 Å². The summed E-state index contributed by atoms with van der Waals surface area (Å²) in [5, 5.41) is 4.11. The summed E-state index contributed by atoms with van der Waals surface area (Å²) in [5.74, 6) is 1.84. The van der Waals surface area contributed by atoms with Gasteiger partial charge >= 0.3 is 0 Å². The third kappa shape index (κ3) is 3.31. The van der Waals surface area contributed by atoms with Crippen molar-refractivity contribution < 1.29 is 9.32 Å². The van der Waals surface area contributed by atoms with Crippen LogP contribution in [-0.4, -0.2) is 46.6 Å². The molecule has 144 valence electrons. The van der Waals surface area contributed by atoms with Crippen LogP contribution in [-0.2, 0) is 4.79 Å². The zero-order chi connectivity index (χ0) is 19.1. The Balaban J connectivity index is 1.81. The van der Waals surface area contributed by atoms with Crippen LogP contribution in [0.25, 0.3) is 11.3 Å². The van der Waals surface area contributed by atoms with E-state index in [0.29, 0.717) is 11.7 Å². The summed E-state index contributed by atoms with van der Waals surface area (Å²) in [7, 11) is 3.85. The number of aromatic nitrogens is 3. The zero-order valence-electron chi connectivity index (χ0n) is 16.5. The molecular formula is C20H27N5O2. The number of carbonyl (C=O) groups excluding carboxylic acids is 1. The first-order valence-electron chi connectivity index (χ1n) is 9.75. The van der Waals surface area contributed by atoms with E-state index in [2.05, 4.69) is 10.1 Å². The molecule has 0 spiro atoms. The van der Waals surface area contributed by atoms with Crippen LogP contribution >= 0.6 is 0 Å². The van der Waals surface area contributed by atoms with Gasteiger partial charge in [0, 0.05) is 38.3 Å². The first-order valence-corrected chi connectivity index (χ1v) is 9.75. The number of aryl methyl sites for hydroxylation is 1. The number of amides is 1. The van der Waals surface area contributed by atoms with Crippen LogP contribution < -0.4 is 4.90 Å². The van der Waals surface area contributed by atoms with Crippen LogP contribution in [0.3, 0.4) is 0 Å².